The molecule has 5 aromatic rings. The molecule has 0 saturated carbocycles. The first kappa shape index (κ1) is 21.0. The van der Waals surface area contributed by atoms with Gasteiger partial charge in [-0.25, -0.2) is 4.68 Å². The molecule has 0 atom stereocenters. The van der Waals surface area contributed by atoms with Crippen LogP contribution < -0.4 is 4.74 Å². The molecule has 0 aliphatic carbocycles. The lowest BCUT2D eigenvalue weighted by molar-refractivity contribution is 0.0743. The van der Waals surface area contributed by atoms with Crippen molar-refractivity contribution in [2.75, 3.05) is 7.11 Å². The number of methoxy groups -OCH3 is 1. The van der Waals surface area contributed by atoms with Crippen LogP contribution >= 0.6 is 0 Å². The molecule has 35 heavy (non-hydrogen) atoms. The summed E-state index contributed by atoms with van der Waals surface area (Å²) in [6.45, 7) is 2.99. The van der Waals surface area contributed by atoms with Gasteiger partial charge in [-0.1, -0.05) is 30.3 Å². The van der Waals surface area contributed by atoms with Crippen molar-refractivity contribution in [3.8, 4) is 28.5 Å². The van der Waals surface area contributed by atoms with E-state index in [4.69, 9.17) is 9.84 Å². The van der Waals surface area contributed by atoms with Crippen LogP contribution in [0, 0.1) is 6.92 Å². The fraction of sp³-hybridized carbons (Fsp3) is 0.148. The van der Waals surface area contributed by atoms with E-state index in [1.54, 1.807) is 18.1 Å². The third kappa shape index (κ3) is 3.59. The van der Waals surface area contributed by atoms with Crippen LogP contribution in [0.3, 0.4) is 0 Å². The van der Waals surface area contributed by atoms with E-state index in [1.807, 2.05) is 65.6 Å². The number of benzene rings is 2. The van der Waals surface area contributed by atoms with Crippen LogP contribution in [-0.2, 0) is 13.1 Å². The summed E-state index contributed by atoms with van der Waals surface area (Å²) in [5.74, 6) is 1.59. The number of hydrogen-bond acceptors (Lipinski definition) is 4. The quantitative estimate of drug-likeness (QED) is 0.415. The Balaban J connectivity index is 1.31. The second-order valence-corrected chi connectivity index (χ2v) is 8.60. The van der Waals surface area contributed by atoms with Crippen LogP contribution in [0.4, 0.5) is 0 Å². The molecule has 1 aliphatic heterocycles. The average Bonchev–Trinajstić information content (AvgIpc) is 3.68. The number of carbonyl (C=O) groups is 1. The highest BCUT2D eigenvalue weighted by atomic mass is 16.5. The van der Waals surface area contributed by atoms with Crippen LogP contribution in [0.2, 0.25) is 0 Å². The minimum atomic E-state index is -0.106. The molecule has 2 aromatic carbocycles. The molecule has 4 heterocycles. The van der Waals surface area contributed by atoms with Gasteiger partial charge in [-0.2, -0.15) is 10.2 Å². The molecule has 8 nitrogen and oxygen atoms in total. The number of carbonyl (C=O) groups excluding carboxylic acids is 1. The second-order valence-electron chi connectivity index (χ2n) is 8.60. The number of aromatic amines is 1. The van der Waals surface area contributed by atoms with Crippen molar-refractivity contribution in [1.29, 1.82) is 0 Å². The molecule has 0 bridgehead atoms. The summed E-state index contributed by atoms with van der Waals surface area (Å²) in [6, 6.07) is 21.6. The van der Waals surface area contributed by atoms with Crippen molar-refractivity contribution in [3.05, 3.63) is 102 Å². The minimum absolute atomic E-state index is 0.106. The zero-order chi connectivity index (χ0) is 23.9. The Labute approximate surface area is 202 Å². The van der Waals surface area contributed by atoms with E-state index >= 15 is 0 Å². The van der Waals surface area contributed by atoms with Crippen molar-refractivity contribution in [3.63, 3.8) is 0 Å². The zero-order valence-electron chi connectivity index (χ0n) is 19.5. The van der Waals surface area contributed by atoms with Gasteiger partial charge in [-0.05, 0) is 48.9 Å². The Kier molecular flexibility index (Phi) is 4.99. The maximum Gasteiger partial charge on any atom is 0.272 e. The molecular weight excluding hydrogens is 440 g/mol. The van der Waals surface area contributed by atoms with Gasteiger partial charge in [0.2, 0.25) is 0 Å². The highest BCUT2D eigenvalue weighted by molar-refractivity contribution is 5.93. The summed E-state index contributed by atoms with van der Waals surface area (Å²) in [4.78, 5) is 15.2. The molecule has 0 spiro atoms. The van der Waals surface area contributed by atoms with Gasteiger partial charge in [-0.15, -0.1) is 0 Å². The van der Waals surface area contributed by atoms with Crippen LogP contribution in [0.25, 0.3) is 22.8 Å². The van der Waals surface area contributed by atoms with E-state index in [0.717, 1.165) is 39.6 Å². The summed E-state index contributed by atoms with van der Waals surface area (Å²) >= 11 is 0. The first-order valence-corrected chi connectivity index (χ1v) is 11.4. The third-order valence-corrected chi connectivity index (χ3v) is 6.38. The molecule has 1 N–H and O–H groups in total. The van der Waals surface area contributed by atoms with Crippen molar-refractivity contribution in [2.45, 2.75) is 20.0 Å². The maximum atomic E-state index is 13.4. The molecule has 1 amide bonds. The molecule has 0 saturated heterocycles. The Bertz CT molecular complexity index is 1530. The Morgan fingerprint density at radius 1 is 1.00 bits per heavy atom. The van der Waals surface area contributed by atoms with Crippen LogP contribution in [0.1, 0.15) is 27.3 Å². The average molecular weight is 465 g/mol. The fourth-order valence-corrected chi connectivity index (χ4v) is 4.59. The monoisotopic (exact) mass is 464 g/mol. The van der Waals surface area contributed by atoms with Crippen molar-refractivity contribution in [2.24, 2.45) is 0 Å². The number of para-hydroxylation sites is 1. The van der Waals surface area contributed by atoms with Crippen molar-refractivity contribution < 1.29 is 9.53 Å². The summed E-state index contributed by atoms with van der Waals surface area (Å²) in [7, 11) is 1.63. The van der Waals surface area contributed by atoms with Crippen molar-refractivity contribution >= 4 is 5.91 Å². The largest absolute Gasteiger partial charge is 0.497 e. The summed E-state index contributed by atoms with van der Waals surface area (Å²) in [6.07, 6.45) is 4.01. The maximum absolute atomic E-state index is 13.4. The summed E-state index contributed by atoms with van der Waals surface area (Å²) < 4.78 is 9.35. The SMILES string of the molecule is COc1cccc(-c2cc(C(=O)N3Cc4nn(-c5ccccc5C)c(-n5cccc5)c4C3)[nH]n2)c1. The Hall–Kier alpha value is -4.59. The number of rotatable bonds is 5. The van der Waals surface area contributed by atoms with E-state index in [-0.39, 0.29) is 5.91 Å². The standard InChI is InChI=1S/C27H24N6O2/c1-18-8-3-4-11-25(18)33-26(31-12-5-6-13-31)21-16-32(17-24(21)30-33)27(34)23-15-22(28-29-23)19-9-7-10-20(14-19)35-2/h3-15H,16-17H2,1-2H3,(H,28,29). The van der Waals surface area contributed by atoms with Gasteiger partial charge in [0.15, 0.2) is 0 Å². The lowest BCUT2D eigenvalue weighted by atomic mass is 10.1. The predicted octanol–water partition coefficient (Wildman–Crippen LogP) is 4.53. The van der Waals surface area contributed by atoms with Crippen LogP contribution in [-0.4, -0.2) is 42.5 Å². The lowest BCUT2D eigenvalue weighted by Gasteiger charge is -2.17. The first-order valence-electron chi connectivity index (χ1n) is 11.4. The normalized spacial score (nSPS) is 12.7. The minimum Gasteiger partial charge on any atom is -0.497 e. The number of ether oxygens (including phenoxy) is 1. The van der Waals surface area contributed by atoms with Gasteiger partial charge in [0.1, 0.15) is 17.3 Å². The lowest BCUT2D eigenvalue weighted by Crippen LogP contribution is -2.26. The van der Waals surface area contributed by atoms with Gasteiger partial charge in [0.25, 0.3) is 5.91 Å². The first-order chi connectivity index (χ1) is 17.1. The number of nitrogens with zero attached hydrogens (tertiary/aromatic N) is 5. The molecule has 174 valence electrons. The molecule has 3 aromatic heterocycles. The van der Waals surface area contributed by atoms with E-state index in [9.17, 15) is 4.79 Å². The topological polar surface area (TPSA) is 81.0 Å². The number of H-pyrrole nitrogens is 1. The summed E-state index contributed by atoms with van der Waals surface area (Å²) in [5.41, 5.74) is 6.14. The third-order valence-electron chi connectivity index (χ3n) is 6.38. The Morgan fingerprint density at radius 3 is 2.63 bits per heavy atom. The molecule has 8 heteroatoms. The zero-order valence-corrected chi connectivity index (χ0v) is 19.5. The van der Waals surface area contributed by atoms with Crippen LogP contribution in [0.15, 0.2) is 79.1 Å². The van der Waals surface area contributed by atoms with E-state index in [0.29, 0.717) is 24.5 Å². The number of nitrogens with one attached hydrogen (secondary N) is 1. The number of amides is 1. The molecule has 0 radical (unpaired) electrons. The van der Waals surface area contributed by atoms with Gasteiger partial charge in [0, 0.05) is 23.5 Å². The van der Waals surface area contributed by atoms with Gasteiger partial charge in [0.05, 0.1) is 37.3 Å². The summed E-state index contributed by atoms with van der Waals surface area (Å²) in [5, 5.41) is 12.2. The molecular formula is C27H24N6O2. The number of hydrogen-bond donors (Lipinski definition) is 1. The van der Waals surface area contributed by atoms with Gasteiger partial charge >= 0.3 is 0 Å². The molecule has 0 fully saturated rings. The van der Waals surface area contributed by atoms with Crippen molar-refractivity contribution in [1.82, 2.24) is 29.4 Å². The van der Waals surface area contributed by atoms with Crippen LogP contribution in [0.5, 0.6) is 5.75 Å². The smallest absolute Gasteiger partial charge is 0.272 e. The number of fused-ring (bicyclic) bond motifs is 1. The fourth-order valence-electron chi connectivity index (χ4n) is 4.59. The predicted molar refractivity (Wildman–Crippen MR) is 132 cm³/mol. The van der Waals surface area contributed by atoms with Gasteiger partial charge < -0.3 is 14.2 Å². The number of aryl methyl sites for hydroxylation is 1. The number of aromatic nitrogens is 5. The molecule has 6 rings (SSSR count). The molecule has 1 aliphatic rings. The van der Waals surface area contributed by atoms with E-state index in [2.05, 4.69) is 33.8 Å². The highest BCUT2D eigenvalue weighted by Crippen LogP contribution is 2.32. The van der Waals surface area contributed by atoms with E-state index < -0.39 is 0 Å². The van der Waals surface area contributed by atoms with E-state index in [1.165, 1.54) is 0 Å². The highest BCUT2D eigenvalue weighted by Gasteiger charge is 2.32. The second kappa shape index (κ2) is 8.32. The molecule has 0 unspecified atom stereocenters. The van der Waals surface area contributed by atoms with Gasteiger partial charge in [-0.3, -0.25) is 9.89 Å². The Morgan fingerprint density at radius 2 is 1.83 bits per heavy atom.